The van der Waals surface area contributed by atoms with E-state index in [2.05, 4.69) is 10.6 Å². The minimum absolute atomic E-state index is 0.0319. The first-order valence-electron chi connectivity index (χ1n) is 8.36. The summed E-state index contributed by atoms with van der Waals surface area (Å²) in [6.07, 6.45) is 0. The van der Waals surface area contributed by atoms with Gasteiger partial charge >= 0.3 is 0 Å². The van der Waals surface area contributed by atoms with Crippen molar-refractivity contribution in [1.82, 2.24) is 5.32 Å². The van der Waals surface area contributed by atoms with Gasteiger partial charge in [0, 0.05) is 49.0 Å². The molecule has 27 heavy (non-hydrogen) atoms. The number of methoxy groups -OCH3 is 1. The molecule has 3 aromatic rings. The second kappa shape index (κ2) is 8.33. The standard InChI is InChI=1S/C19H19N3O5/c1-26-12-16-15-4-2-3-5-17(15)27-18(16)19(23)21-11-10-20-13-6-8-14(9-7-13)22(24)25/h2-9,20H,10-12H2,1H3,(H,21,23). The Morgan fingerprint density at radius 3 is 2.59 bits per heavy atom. The number of nitrogens with one attached hydrogen (secondary N) is 2. The number of para-hydroxylation sites is 1. The van der Waals surface area contributed by atoms with Crippen molar-refractivity contribution < 1.29 is 18.9 Å². The van der Waals surface area contributed by atoms with Crippen molar-refractivity contribution in [1.29, 1.82) is 0 Å². The first kappa shape index (κ1) is 18.4. The first-order chi connectivity index (χ1) is 13.1. The highest BCUT2D eigenvalue weighted by molar-refractivity contribution is 5.99. The lowest BCUT2D eigenvalue weighted by Gasteiger charge is -2.08. The van der Waals surface area contributed by atoms with E-state index in [1.54, 1.807) is 25.3 Å². The van der Waals surface area contributed by atoms with Crippen molar-refractivity contribution >= 4 is 28.3 Å². The molecule has 3 rings (SSSR count). The van der Waals surface area contributed by atoms with Crippen LogP contribution in [0.3, 0.4) is 0 Å². The molecule has 0 atom stereocenters. The van der Waals surface area contributed by atoms with E-state index in [1.807, 2.05) is 18.2 Å². The fraction of sp³-hybridized carbons (Fsp3) is 0.211. The van der Waals surface area contributed by atoms with E-state index in [0.29, 0.717) is 24.2 Å². The van der Waals surface area contributed by atoms with Gasteiger partial charge in [0.25, 0.3) is 11.6 Å². The predicted octanol–water partition coefficient (Wildman–Crippen LogP) is 3.33. The van der Waals surface area contributed by atoms with Gasteiger partial charge in [0.2, 0.25) is 0 Å². The number of anilines is 1. The summed E-state index contributed by atoms with van der Waals surface area (Å²) in [5.74, 6) is -0.0721. The largest absolute Gasteiger partial charge is 0.451 e. The summed E-state index contributed by atoms with van der Waals surface area (Å²) in [4.78, 5) is 22.7. The third kappa shape index (κ3) is 4.24. The van der Waals surface area contributed by atoms with Crippen molar-refractivity contribution in [3.8, 4) is 0 Å². The number of hydrogen-bond donors (Lipinski definition) is 2. The van der Waals surface area contributed by atoms with Gasteiger partial charge in [-0.05, 0) is 18.2 Å². The summed E-state index contributed by atoms with van der Waals surface area (Å²) in [7, 11) is 1.57. The van der Waals surface area contributed by atoms with Crippen LogP contribution in [0.15, 0.2) is 52.9 Å². The monoisotopic (exact) mass is 369 g/mol. The van der Waals surface area contributed by atoms with Gasteiger partial charge in [-0.25, -0.2) is 0 Å². The molecular weight excluding hydrogens is 350 g/mol. The van der Waals surface area contributed by atoms with E-state index in [1.165, 1.54) is 12.1 Å². The third-order valence-electron chi connectivity index (χ3n) is 4.01. The number of hydrogen-bond acceptors (Lipinski definition) is 6. The second-order valence-corrected chi connectivity index (χ2v) is 5.83. The van der Waals surface area contributed by atoms with Gasteiger partial charge in [0.05, 0.1) is 11.5 Å². The molecule has 1 amide bonds. The van der Waals surface area contributed by atoms with Crippen LogP contribution in [0.4, 0.5) is 11.4 Å². The SMILES string of the molecule is COCc1c(C(=O)NCCNc2ccc([N+](=O)[O-])cc2)oc2ccccc12. The Morgan fingerprint density at radius 1 is 1.15 bits per heavy atom. The number of benzene rings is 2. The molecule has 0 fully saturated rings. The number of non-ortho nitro benzene ring substituents is 1. The summed E-state index contributed by atoms with van der Waals surface area (Å²) < 4.78 is 10.9. The molecule has 0 saturated heterocycles. The van der Waals surface area contributed by atoms with Crippen LogP contribution >= 0.6 is 0 Å². The van der Waals surface area contributed by atoms with Crippen LogP contribution in [0, 0.1) is 10.1 Å². The molecule has 0 aliphatic heterocycles. The van der Waals surface area contributed by atoms with Crippen LogP contribution < -0.4 is 10.6 Å². The van der Waals surface area contributed by atoms with Crippen LogP contribution in [0.5, 0.6) is 0 Å². The van der Waals surface area contributed by atoms with Crippen LogP contribution in [0.2, 0.25) is 0 Å². The summed E-state index contributed by atoms with van der Waals surface area (Å²) >= 11 is 0. The number of carbonyl (C=O) groups is 1. The number of nitro benzene ring substituents is 1. The smallest absolute Gasteiger partial charge is 0.287 e. The summed E-state index contributed by atoms with van der Waals surface area (Å²) in [6.45, 7) is 1.10. The first-order valence-corrected chi connectivity index (χ1v) is 8.36. The van der Waals surface area contributed by atoms with Crippen molar-refractivity contribution in [2.24, 2.45) is 0 Å². The second-order valence-electron chi connectivity index (χ2n) is 5.83. The molecule has 140 valence electrons. The molecule has 1 heterocycles. The normalized spacial score (nSPS) is 10.7. The third-order valence-corrected chi connectivity index (χ3v) is 4.01. The van der Waals surface area contributed by atoms with E-state index in [4.69, 9.17) is 9.15 Å². The minimum Gasteiger partial charge on any atom is -0.451 e. The Bertz CT molecular complexity index is 950. The zero-order valence-corrected chi connectivity index (χ0v) is 14.7. The lowest BCUT2D eigenvalue weighted by molar-refractivity contribution is -0.384. The molecule has 8 nitrogen and oxygen atoms in total. The van der Waals surface area contributed by atoms with Gasteiger partial charge in [-0.2, -0.15) is 0 Å². The molecule has 0 spiro atoms. The highest BCUT2D eigenvalue weighted by Crippen LogP contribution is 2.26. The molecule has 8 heteroatoms. The van der Waals surface area contributed by atoms with Crippen LogP contribution in [-0.4, -0.2) is 31.0 Å². The Labute approximate surface area is 155 Å². The molecule has 2 aromatic carbocycles. The summed E-state index contributed by atoms with van der Waals surface area (Å²) in [6, 6.07) is 13.5. The Morgan fingerprint density at radius 2 is 1.89 bits per heavy atom. The van der Waals surface area contributed by atoms with Gasteiger partial charge in [0.1, 0.15) is 5.58 Å². The number of fused-ring (bicyclic) bond motifs is 1. The highest BCUT2D eigenvalue weighted by atomic mass is 16.6. The Hall–Kier alpha value is -3.39. The maximum atomic E-state index is 12.5. The number of furan rings is 1. The molecule has 0 bridgehead atoms. The molecule has 2 N–H and O–H groups in total. The molecule has 1 aromatic heterocycles. The lowest BCUT2D eigenvalue weighted by Crippen LogP contribution is -2.29. The highest BCUT2D eigenvalue weighted by Gasteiger charge is 2.19. The molecule has 0 radical (unpaired) electrons. The van der Waals surface area contributed by atoms with Gasteiger partial charge in [0.15, 0.2) is 5.76 Å². The number of ether oxygens (including phenoxy) is 1. The zero-order chi connectivity index (χ0) is 19.2. The number of rotatable bonds is 8. The van der Waals surface area contributed by atoms with E-state index in [9.17, 15) is 14.9 Å². The molecule has 0 aliphatic carbocycles. The van der Waals surface area contributed by atoms with Gasteiger partial charge < -0.3 is 19.8 Å². The van der Waals surface area contributed by atoms with Gasteiger partial charge in [-0.3, -0.25) is 14.9 Å². The number of amides is 1. The van der Waals surface area contributed by atoms with E-state index >= 15 is 0 Å². The molecule has 0 aliphatic rings. The van der Waals surface area contributed by atoms with Gasteiger partial charge in [-0.15, -0.1) is 0 Å². The minimum atomic E-state index is -0.449. The maximum absolute atomic E-state index is 12.5. The zero-order valence-electron chi connectivity index (χ0n) is 14.7. The van der Waals surface area contributed by atoms with E-state index in [0.717, 1.165) is 11.1 Å². The van der Waals surface area contributed by atoms with Crippen molar-refractivity contribution in [3.63, 3.8) is 0 Å². The summed E-state index contributed by atoms with van der Waals surface area (Å²) in [5.41, 5.74) is 2.12. The average molecular weight is 369 g/mol. The lowest BCUT2D eigenvalue weighted by atomic mass is 10.1. The maximum Gasteiger partial charge on any atom is 0.287 e. The van der Waals surface area contributed by atoms with E-state index in [-0.39, 0.29) is 24.0 Å². The summed E-state index contributed by atoms with van der Waals surface area (Å²) in [5, 5.41) is 17.4. The van der Waals surface area contributed by atoms with Crippen molar-refractivity contribution in [2.45, 2.75) is 6.61 Å². The van der Waals surface area contributed by atoms with Crippen molar-refractivity contribution in [2.75, 3.05) is 25.5 Å². The Kier molecular flexibility index (Phi) is 5.68. The van der Waals surface area contributed by atoms with Crippen LogP contribution in [0.25, 0.3) is 11.0 Å². The Balaban J connectivity index is 1.58. The van der Waals surface area contributed by atoms with Gasteiger partial charge in [-0.1, -0.05) is 18.2 Å². The topological polar surface area (TPSA) is 107 Å². The quantitative estimate of drug-likeness (QED) is 0.358. The predicted molar refractivity (Wildman–Crippen MR) is 101 cm³/mol. The number of carbonyl (C=O) groups excluding carboxylic acids is 1. The average Bonchev–Trinajstić information content (AvgIpc) is 3.04. The molecule has 0 unspecified atom stereocenters. The molecular formula is C19H19N3O5. The number of nitro groups is 1. The fourth-order valence-corrected chi connectivity index (χ4v) is 2.73. The molecule has 0 saturated carbocycles. The van der Waals surface area contributed by atoms with Crippen molar-refractivity contribution in [3.05, 3.63) is 70.0 Å². The van der Waals surface area contributed by atoms with E-state index < -0.39 is 4.92 Å². The number of nitrogens with zero attached hydrogens (tertiary/aromatic N) is 1. The van der Waals surface area contributed by atoms with Crippen LogP contribution in [-0.2, 0) is 11.3 Å². The fourth-order valence-electron chi connectivity index (χ4n) is 2.73. The van der Waals surface area contributed by atoms with Crippen LogP contribution in [0.1, 0.15) is 16.1 Å².